The lowest BCUT2D eigenvalue weighted by molar-refractivity contribution is 0.247. The predicted octanol–water partition coefficient (Wildman–Crippen LogP) is 3.62. The standard InChI is InChI=1S/C15H34N2S/c1-14(2)16-11-8-6-7-9-12-17(4)15(3)10-13-18-5/h14-16H,6-13H2,1-5H3. The second kappa shape index (κ2) is 12.3. The van der Waals surface area contributed by atoms with E-state index in [4.69, 9.17) is 0 Å². The highest BCUT2D eigenvalue weighted by Crippen LogP contribution is 2.08. The number of hydrogen-bond donors (Lipinski definition) is 1. The third-order valence-electron chi connectivity index (χ3n) is 3.48. The molecule has 18 heavy (non-hydrogen) atoms. The van der Waals surface area contributed by atoms with Gasteiger partial charge in [0.1, 0.15) is 0 Å². The number of nitrogens with zero attached hydrogens (tertiary/aromatic N) is 1. The second-order valence-electron chi connectivity index (χ2n) is 5.63. The van der Waals surface area contributed by atoms with E-state index in [0.717, 1.165) is 6.04 Å². The molecule has 0 saturated carbocycles. The molecule has 2 nitrogen and oxygen atoms in total. The van der Waals surface area contributed by atoms with Gasteiger partial charge in [-0.2, -0.15) is 11.8 Å². The maximum absolute atomic E-state index is 3.47. The molecule has 110 valence electrons. The number of hydrogen-bond acceptors (Lipinski definition) is 3. The summed E-state index contributed by atoms with van der Waals surface area (Å²) in [7, 11) is 2.27. The molecule has 1 atom stereocenters. The molecule has 0 aliphatic heterocycles. The fourth-order valence-electron chi connectivity index (χ4n) is 1.96. The van der Waals surface area contributed by atoms with Crippen molar-refractivity contribution in [2.24, 2.45) is 0 Å². The minimum Gasteiger partial charge on any atom is -0.315 e. The van der Waals surface area contributed by atoms with Gasteiger partial charge < -0.3 is 10.2 Å². The molecule has 0 aromatic rings. The molecule has 0 fully saturated rings. The van der Waals surface area contributed by atoms with Crippen molar-refractivity contribution < 1.29 is 0 Å². The molecule has 3 heteroatoms. The molecule has 0 bridgehead atoms. The lowest BCUT2D eigenvalue weighted by Crippen LogP contribution is -2.30. The molecule has 0 saturated heterocycles. The van der Waals surface area contributed by atoms with Crippen molar-refractivity contribution in [3.05, 3.63) is 0 Å². The number of unbranched alkanes of at least 4 members (excludes halogenated alkanes) is 3. The molecule has 0 heterocycles. The maximum atomic E-state index is 3.47. The van der Waals surface area contributed by atoms with Crippen LogP contribution >= 0.6 is 11.8 Å². The Morgan fingerprint density at radius 3 is 2.33 bits per heavy atom. The van der Waals surface area contributed by atoms with Gasteiger partial charge in [-0.3, -0.25) is 0 Å². The summed E-state index contributed by atoms with van der Waals surface area (Å²) in [6.07, 6.45) is 8.92. The highest BCUT2D eigenvalue weighted by Gasteiger charge is 2.07. The smallest absolute Gasteiger partial charge is 0.00717 e. The Hall–Kier alpha value is 0.270. The quantitative estimate of drug-likeness (QED) is 0.547. The van der Waals surface area contributed by atoms with Crippen molar-refractivity contribution in [1.82, 2.24) is 10.2 Å². The van der Waals surface area contributed by atoms with Crippen molar-refractivity contribution in [3.8, 4) is 0 Å². The first kappa shape index (κ1) is 18.3. The van der Waals surface area contributed by atoms with E-state index in [9.17, 15) is 0 Å². The molecule has 0 amide bonds. The molecule has 0 rings (SSSR count). The summed E-state index contributed by atoms with van der Waals surface area (Å²) in [5, 5.41) is 3.47. The number of rotatable bonds is 12. The van der Waals surface area contributed by atoms with Gasteiger partial charge in [-0.25, -0.2) is 0 Å². The van der Waals surface area contributed by atoms with Crippen molar-refractivity contribution >= 4 is 11.8 Å². The molecular formula is C15H34N2S. The van der Waals surface area contributed by atoms with Crippen LogP contribution in [0.15, 0.2) is 0 Å². The van der Waals surface area contributed by atoms with Crippen molar-refractivity contribution in [1.29, 1.82) is 0 Å². The predicted molar refractivity (Wildman–Crippen MR) is 86.7 cm³/mol. The molecule has 1 N–H and O–H groups in total. The zero-order chi connectivity index (χ0) is 13.8. The Morgan fingerprint density at radius 1 is 1.06 bits per heavy atom. The molecule has 0 aromatic heterocycles. The topological polar surface area (TPSA) is 15.3 Å². The van der Waals surface area contributed by atoms with Crippen LogP contribution < -0.4 is 5.32 Å². The lowest BCUT2D eigenvalue weighted by atomic mass is 10.1. The van der Waals surface area contributed by atoms with Crippen LogP contribution in [0.1, 0.15) is 52.9 Å². The summed E-state index contributed by atoms with van der Waals surface area (Å²) in [5.41, 5.74) is 0. The SMILES string of the molecule is CSCCC(C)N(C)CCCCCCNC(C)C. The van der Waals surface area contributed by atoms with Gasteiger partial charge in [0.2, 0.25) is 0 Å². The largest absolute Gasteiger partial charge is 0.315 e. The van der Waals surface area contributed by atoms with Crippen LogP contribution in [0.3, 0.4) is 0 Å². The molecule has 0 aromatic carbocycles. The fourth-order valence-corrected chi connectivity index (χ4v) is 2.54. The van der Waals surface area contributed by atoms with E-state index >= 15 is 0 Å². The Morgan fingerprint density at radius 2 is 1.72 bits per heavy atom. The van der Waals surface area contributed by atoms with Crippen LogP contribution in [0.4, 0.5) is 0 Å². The number of nitrogens with one attached hydrogen (secondary N) is 1. The normalized spacial score (nSPS) is 13.5. The van der Waals surface area contributed by atoms with Gasteiger partial charge in [0.25, 0.3) is 0 Å². The van der Waals surface area contributed by atoms with E-state index < -0.39 is 0 Å². The summed E-state index contributed by atoms with van der Waals surface area (Å²) in [5.74, 6) is 1.28. The van der Waals surface area contributed by atoms with Gasteiger partial charge >= 0.3 is 0 Å². The van der Waals surface area contributed by atoms with Crippen LogP contribution in [-0.4, -0.2) is 49.1 Å². The van der Waals surface area contributed by atoms with E-state index in [-0.39, 0.29) is 0 Å². The van der Waals surface area contributed by atoms with Gasteiger partial charge in [0, 0.05) is 12.1 Å². The van der Waals surface area contributed by atoms with E-state index in [1.807, 2.05) is 11.8 Å². The lowest BCUT2D eigenvalue weighted by Gasteiger charge is -2.24. The first-order chi connectivity index (χ1) is 8.57. The van der Waals surface area contributed by atoms with Gasteiger partial charge in [-0.15, -0.1) is 0 Å². The van der Waals surface area contributed by atoms with Crippen LogP contribution in [0.2, 0.25) is 0 Å². The fraction of sp³-hybridized carbons (Fsp3) is 1.00. The summed E-state index contributed by atoms with van der Waals surface area (Å²) in [4.78, 5) is 2.52. The third-order valence-corrected chi connectivity index (χ3v) is 4.13. The minimum atomic E-state index is 0.633. The van der Waals surface area contributed by atoms with Crippen molar-refractivity contribution in [2.75, 3.05) is 32.1 Å². The maximum Gasteiger partial charge on any atom is 0.00717 e. The van der Waals surface area contributed by atoms with E-state index in [1.165, 1.54) is 50.9 Å². The van der Waals surface area contributed by atoms with E-state index in [2.05, 4.69) is 44.3 Å². The highest BCUT2D eigenvalue weighted by atomic mass is 32.2. The number of thioether (sulfide) groups is 1. The van der Waals surface area contributed by atoms with Crippen LogP contribution in [-0.2, 0) is 0 Å². The third kappa shape index (κ3) is 11.4. The first-order valence-electron chi connectivity index (χ1n) is 7.50. The highest BCUT2D eigenvalue weighted by molar-refractivity contribution is 7.98. The summed E-state index contributed by atoms with van der Waals surface area (Å²) in [6.45, 7) is 9.21. The molecular weight excluding hydrogens is 240 g/mol. The van der Waals surface area contributed by atoms with E-state index in [0.29, 0.717) is 6.04 Å². The minimum absolute atomic E-state index is 0.633. The summed E-state index contributed by atoms with van der Waals surface area (Å²) in [6, 6.07) is 1.37. The van der Waals surface area contributed by atoms with Gasteiger partial charge in [0.05, 0.1) is 0 Å². The Labute approximate surface area is 119 Å². The zero-order valence-electron chi connectivity index (χ0n) is 13.2. The molecule has 0 aliphatic carbocycles. The van der Waals surface area contributed by atoms with Crippen LogP contribution in [0, 0.1) is 0 Å². The van der Waals surface area contributed by atoms with Crippen LogP contribution in [0.25, 0.3) is 0 Å². The van der Waals surface area contributed by atoms with Gasteiger partial charge in [-0.1, -0.05) is 26.7 Å². The zero-order valence-corrected chi connectivity index (χ0v) is 14.0. The molecule has 0 spiro atoms. The van der Waals surface area contributed by atoms with Gasteiger partial charge in [-0.05, 0) is 58.3 Å². The first-order valence-corrected chi connectivity index (χ1v) is 8.89. The Kier molecular flexibility index (Phi) is 12.5. The van der Waals surface area contributed by atoms with Crippen LogP contribution in [0.5, 0.6) is 0 Å². The summed E-state index contributed by atoms with van der Waals surface area (Å²) >= 11 is 1.95. The Balaban J connectivity index is 3.31. The Bertz CT molecular complexity index is 174. The van der Waals surface area contributed by atoms with Crippen molar-refractivity contribution in [3.63, 3.8) is 0 Å². The average Bonchev–Trinajstić information content (AvgIpc) is 2.34. The second-order valence-corrected chi connectivity index (χ2v) is 6.62. The van der Waals surface area contributed by atoms with E-state index in [1.54, 1.807) is 0 Å². The van der Waals surface area contributed by atoms with Crippen molar-refractivity contribution in [2.45, 2.75) is 65.0 Å². The molecule has 0 radical (unpaired) electrons. The van der Waals surface area contributed by atoms with Gasteiger partial charge in [0.15, 0.2) is 0 Å². The average molecular weight is 275 g/mol. The summed E-state index contributed by atoms with van der Waals surface area (Å²) < 4.78 is 0. The molecule has 1 unspecified atom stereocenters. The monoisotopic (exact) mass is 274 g/mol. The molecule has 0 aliphatic rings.